The molecule has 1 aromatic heterocycles. The van der Waals surface area contributed by atoms with Gasteiger partial charge >= 0.3 is 0 Å². The van der Waals surface area contributed by atoms with Gasteiger partial charge in [0, 0.05) is 17.3 Å². The Kier molecular flexibility index (Phi) is 8.33. The van der Waals surface area contributed by atoms with E-state index in [1.165, 1.54) is 6.21 Å². The number of halogens is 4. The fourth-order valence-electron chi connectivity index (χ4n) is 4.01. The lowest BCUT2D eigenvalue weighted by Gasteiger charge is -2.14. The Morgan fingerprint density at radius 3 is 2.20 bits per heavy atom. The smallest absolute Gasteiger partial charge is 0.273 e. The molecule has 0 bridgehead atoms. The van der Waals surface area contributed by atoms with Crippen LogP contribution in [-0.4, -0.2) is 27.9 Å². The molecule has 2 N–H and O–H groups in total. The van der Waals surface area contributed by atoms with Gasteiger partial charge in [0.05, 0.1) is 42.3 Å². The Morgan fingerprint density at radius 1 is 0.800 bits per heavy atom. The molecule has 0 atom stereocenters. The number of fused-ring (bicyclic) bond motifs is 1. The molecule has 198 valence electrons. The van der Waals surface area contributed by atoms with Crippen LogP contribution in [0.3, 0.4) is 0 Å². The molecule has 0 fully saturated rings. The SMILES string of the molecule is O=C(c1ccccc1)c1ccc2nc(-c3c(Cl)c(Cl)c(Cl)c(Cl)c3C(=O)NN=C/C=C/c3ccccc3)[nH]c2c1. The number of nitrogens with one attached hydrogen (secondary N) is 2. The molecule has 5 rings (SSSR count). The van der Waals surface area contributed by atoms with Crippen molar-refractivity contribution in [3.8, 4) is 11.4 Å². The number of rotatable bonds is 7. The molecule has 0 unspecified atom stereocenters. The molecule has 1 amide bonds. The largest absolute Gasteiger partial charge is 0.338 e. The first kappa shape index (κ1) is 27.6. The number of carbonyl (C=O) groups is 2. The number of hydrazone groups is 1. The number of ketones is 1. The number of H-pyrrole nitrogens is 1. The van der Waals surface area contributed by atoms with Crippen LogP contribution in [0, 0.1) is 0 Å². The van der Waals surface area contributed by atoms with E-state index in [2.05, 4.69) is 20.5 Å². The van der Waals surface area contributed by atoms with Crippen LogP contribution < -0.4 is 5.43 Å². The van der Waals surface area contributed by atoms with Crippen LogP contribution in [0.2, 0.25) is 20.1 Å². The number of imidazole rings is 1. The van der Waals surface area contributed by atoms with E-state index in [0.29, 0.717) is 22.2 Å². The van der Waals surface area contributed by atoms with Crippen LogP contribution >= 0.6 is 46.4 Å². The number of benzene rings is 4. The zero-order valence-corrected chi connectivity index (χ0v) is 23.5. The highest BCUT2D eigenvalue weighted by Gasteiger charge is 2.28. The quantitative estimate of drug-likeness (QED) is 0.0639. The molecule has 0 saturated heterocycles. The highest BCUT2D eigenvalue weighted by atomic mass is 35.5. The maximum absolute atomic E-state index is 13.2. The van der Waals surface area contributed by atoms with Gasteiger partial charge in [-0.05, 0) is 29.8 Å². The molecular weight excluding hydrogens is 590 g/mol. The van der Waals surface area contributed by atoms with E-state index in [0.717, 1.165) is 5.56 Å². The minimum Gasteiger partial charge on any atom is -0.338 e. The Labute approximate surface area is 249 Å². The van der Waals surface area contributed by atoms with Crippen molar-refractivity contribution < 1.29 is 9.59 Å². The van der Waals surface area contributed by atoms with Gasteiger partial charge in [0.15, 0.2) is 5.78 Å². The summed E-state index contributed by atoms with van der Waals surface area (Å²) in [6.45, 7) is 0. The molecule has 0 aliphatic rings. The van der Waals surface area contributed by atoms with Crippen LogP contribution in [0.15, 0.2) is 90.0 Å². The third kappa shape index (κ3) is 5.67. The van der Waals surface area contributed by atoms with E-state index >= 15 is 0 Å². The van der Waals surface area contributed by atoms with Gasteiger partial charge < -0.3 is 4.98 Å². The lowest BCUT2D eigenvalue weighted by molar-refractivity contribution is 0.0955. The number of aromatic nitrogens is 2. The molecule has 0 spiro atoms. The zero-order valence-electron chi connectivity index (χ0n) is 20.5. The van der Waals surface area contributed by atoms with E-state index < -0.39 is 5.91 Å². The molecule has 40 heavy (non-hydrogen) atoms. The topological polar surface area (TPSA) is 87.2 Å². The Morgan fingerprint density at radius 2 is 1.48 bits per heavy atom. The summed E-state index contributed by atoms with van der Waals surface area (Å²) in [5, 5.41) is 3.72. The van der Waals surface area contributed by atoms with Gasteiger partial charge in [-0.1, -0.05) is 113 Å². The Hall–Kier alpha value is -3.94. The third-order valence-corrected chi connectivity index (χ3v) is 7.73. The fraction of sp³-hybridized carbons (Fsp3) is 0. The van der Waals surface area contributed by atoms with Crippen molar-refractivity contribution in [1.29, 1.82) is 0 Å². The fourth-order valence-corrected chi connectivity index (χ4v) is 5.03. The number of carbonyl (C=O) groups excluding carboxylic acids is 2. The maximum atomic E-state index is 13.2. The van der Waals surface area contributed by atoms with Crippen LogP contribution in [0.4, 0.5) is 0 Å². The number of hydrogen-bond acceptors (Lipinski definition) is 4. The predicted molar refractivity (Wildman–Crippen MR) is 163 cm³/mol. The average Bonchev–Trinajstić information content (AvgIpc) is 3.41. The van der Waals surface area contributed by atoms with E-state index in [9.17, 15) is 9.59 Å². The molecular formula is C30H18Cl4N4O2. The van der Waals surface area contributed by atoms with E-state index in [1.807, 2.05) is 42.5 Å². The summed E-state index contributed by atoms with van der Waals surface area (Å²) in [6.07, 6.45) is 4.92. The van der Waals surface area contributed by atoms with Gasteiger partial charge in [-0.15, -0.1) is 0 Å². The minimum atomic E-state index is -0.676. The molecule has 1 heterocycles. The molecule has 5 aromatic rings. The van der Waals surface area contributed by atoms with Gasteiger partial charge in [0.25, 0.3) is 5.91 Å². The summed E-state index contributed by atoms with van der Waals surface area (Å²) in [7, 11) is 0. The second-order valence-corrected chi connectivity index (χ2v) is 10.0. The Bertz CT molecular complexity index is 1800. The van der Waals surface area contributed by atoms with E-state index in [1.54, 1.807) is 48.5 Å². The molecule has 0 saturated carbocycles. The highest BCUT2D eigenvalue weighted by molar-refractivity contribution is 6.54. The number of hydrogen-bond donors (Lipinski definition) is 2. The number of amides is 1. The predicted octanol–water partition coefficient (Wildman–Crippen LogP) is 8.50. The van der Waals surface area contributed by atoms with Gasteiger partial charge in [-0.2, -0.15) is 5.10 Å². The summed E-state index contributed by atoms with van der Waals surface area (Å²) < 4.78 is 0. The van der Waals surface area contributed by atoms with Crippen LogP contribution in [0.25, 0.3) is 28.5 Å². The Balaban J connectivity index is 1.49. The van der Waals surface area contributed by atoms with Crippen molar-refractivity contribution in [3.63, 3.8) is 0 Å². The third-order valence-electron chi connectivity index (χ3n) is 5.93. The van der Waals surface area contributed by atoms with Gasteiger partial charge in [-0.25, -0.2) is 10.4 Å². The summed E-state index contributed by atoms with van der Waals surface area (Å²) in [6, 6.07) is 23.6. The van der Waals surface area contributed by atoms with Gasteiger partial charge in [-0.3, -0.25) is 9.59 Å². The van der Waals surface area contributed by atoms with E-state index in [-0.39, 0.29) is 42.8 Å². The average molecular weight is 608 g/mol. The normalized spacial score (nSPS) is 11.5. The molecule has 0 aliphatic heterocycles. The lowest BCUT2D eigenvalue weighted by atomic mass is 10.0. The van der Waals surface area contributed by atoms with Crippen molar-refractivity contribution in [2.24, 2.45) is 5.10 Å². The van der Waals surface area contributed by atoms with E-state index in [4.69, 9.17) is 46.4 Å². The maximum Gasteiger partial charge on any atom is 0.273 e. The number of allylic oxidation sites excluding steroid dienone is 1. The monoisotopic (exact) mass is 606 g/mol. The van der Waals surface area contributed by atoms with Crippen molar-refractivity contribution >= 4 is 81.4 Å². The molecule has 0 aliphatic carbocycles. The second-order valence-electron chi connectivity index (χ2n) is 8.51. The summed E-state index contributed by atoms with van der Waals surface area (Å²) >= 11 is 25.7. The van der Waals surface area contributed by atoms with Crippen LogP contribution in [0.1, 0.15) is 31.8 Å². The zero-order chi connectivity index (χ0) is 28.2. The van der Waals surface area contributed by atoms with Crippen molar-refractivity contribution in [1.82, 2.24) is 15.4 Å². The van der Waals surface area contributed by atoms with Crippen LogP contribution in [0.5, 0.6) is 0 Å². The standard InChI is InChI=1S/C30H18Cl4N4O2/c31-24-22(29-36-20-14-13-19(16-21(20)37-29)28(39)18-11-5-2-6-12-18)23(25(32)27(34)26(24)33)30(40)38-35-15-7-10-17-8-3-1-4-9-17/h1-16H,(H,36,37)(H,38,40)/b10-7+,35-15?. The summed E-state index contributed by atoms with van der Waals surface area (Å²) in [5.41, 5.74) is 5.58. The van der Waals surface area contributed by atoms with Crippen molar-refractivity contribution in [2.75, 3.05) is 0 Å². The lowest BCUT2D eigenvalue weighted by Crippen LogP contribution is -2.19. The number of nitrogens with zero attached hydrogens (tertiary/aromatic N) is 2. The summed E-state index contributed by atoms with van der Waals surface area (Å²) in [5.74, 6) is -0.610. The minimum absolute atomic E-state index is 0.0196. The highest BCUT2D eigenvalue weighted by Crippen LogP contribution is 2.45. The first-order valence-corrected chi connectivity index (χ1v) is 13.4. The number of aromatic amines is 1. The molecule has 10 heteroatoms. The molecule has 0 radical (unpaired) electrons. The summed E-state index contributed by atoms with van der Waals surface area (Å²) in [4.78, 5) is 33.9. The van der Waals surface area contributed by atoms with Gasteiger partial charge in [0.1, 0.15) is 5.82 Å². The second kappa shape index (κ2) is 12.1. The first-order chi connectivity index (χ1) is 19.3. The molecule has 6 nitrogen and oxygen atoms in total. The van der Waals surface area contributed by atoms with Crippen LogP contribution in [-0.2, 0) is 0 Å². The van der Waals surface area contributed by atoms with Crippen molar-refractivity contribution in [3.05, 3.63) is 127 Å². The van der Waals surface area contributed by atoms with Crippen molar-refractivity contribution in [2.45, 2.75) is 0 Å². The van der Waals surface area contributed by atoms with Gasteiger partial charge in [0.2, 0.25) is 0 Å². The molecule has 4 aromatic carbocycles. The first-order valence-electron chi connectivity index (χ1n) is 11.9.